The van der Waals surface area contributed by atoms with Crippen molar-refractivity contribution in [2.45, 2.75) is 12.5 Å². The van der Waals surface area contributed by atoms with Crippen LogP contribution >= 0.6 is 22.9 Å². The molecule has 0 bridgehead atoms. The summed E-state index contributed by atoms with van der Waals surface area (Å²) in [5.74, 6) is -1.37. The molecule has 0 saturated carbocycles. The molecule has 1 heterocycles. The first kappa shape index (κ1) is 14.7. The maximum Gasteiger partial charge on any atom is 0.334 e. The summed E-state index contributed by atoms with van der Waals surface area (Å²) in [4.78, 5) is 22.5. The highest BCUT2D eigenvalue weighted by Gasteiger charge is 2.13. The molecule has 100 valence electrons. The van der Waals surface area contributed by atoms with E-state index < -0.39 is 18.1 Å². The smallest absolute Gasteiger partial charge is 0.334 e. The number of carbonyl (C=O) groups excluding carboxylic acids is 1. The Morgan fingerprint density at radius 1 is 1.39 bits per heavy atom. The van der Waals surface area contributed by atoms with Crippen molar-refractivity contribution in [3.63, 3.8) is 0 Å². The molecule has 1 atom stereocenters. The maximum absolute atomic E-state index is 11.2. The van der Waals surface area contributed by atoms with Gasteiger partial charge in [0.15, 0.2) is 6.10 Å². The predicted molar refractivity (Wildman–Crippen MR) is 68.1 cm³/mol. The number of hydrogen-bond acceptors (Lipinski definition) is 4. The molecule has 4 N–H and O–H groups in total. The minimum absolute atomic E-state index is 0.327. The summed E-state index contributed by atoms with van der Waals surface area (Å²) in [7, 11) is 0. The molecular weight excluding hydrogens is 280 g/mol. The molecule has 0 fully saturated rings. The first-order valence-corrected chi connectivity index (χ1v) is 6.35. The van der Waals surface area contributed by atoms with Crippen molar-refractivity contribution in [3.8, 4) is 0 Å². The third-order valence-electron chi connectivity index (χ3n) is 2.03. The molecule has 0 aliphatic rings. The maximum atomic E-state index is 11.2. The first-order valence-electron chi connectivity index (χ1n) is 5.16. The van der Waals surface area contributed by atoms with Gasteiger partial charge in [-0.2, -0.15) is 0 Å². The lowest BCUT2D eigenvalue weighted by atomic mass is 10.3. The van der Waals surface area contributed by atoms with E-state index in [1.54, 1.807) is 6.07 Å². The van der Waals surface area contributed by atoms with Gasteiger partial charge in [0.1, 0.15) is 0 Å². The molecule has 1 aromatic heterocycles. The Balaban J connectivity index is 2.15. The van der Waals surface area contributed by atoms with Crippen LogP contribution in [0.25, 0.3) is 0 Å². The average molecular weight is 293 g/mol. The number of aliphatic hydroxyl groups excluding tert-OH is 1. The van der Waals surface area contributed by atoms with Gasteiger partial charge >= 0.3 is 12.0 Å². The SMILES string of the molecule is O=C(NCCc1ccc(Cl)s1)NC[C@H](O)C(=O)O. The third-order valence-corrected chi connectivity index (χ3v) is 3.32. The normalized spacial score (nSPS) is 11.9. The molecule has 0 aliphatic carbocycles. The van der Waals surface area contributed by atoms with Crippen molar-refractivity contribution in [2.75, 3.05) is 13.1 Å². The van der Waals surface area contributed by atoms with Gasteiger partial charge in [-0.05, 0) is 18.6 Å². The van der Waals surface area contributed by atoms with Crippen molar-refractivity contribution in [1.82, 2.24) is 10.6 Å². The zero-order valence-electron chi connectivity index (χ0n) is 9.35. The number of carbonyl (C=O) groups is 2. The van der Waals surface area contributed by atoms with Gasteiger partial charge in [0.05, 0.1) is 10.9 Å². The second kappa shape index (κ2) is 7.20. The molecule has 0 radical (unpaired) electrons. The van der Waals surface area contributed by atoms with Crippen LogP contribution in [0.5, 0.6) is 0 Å². The molecular formula is C10H13ClN2O4S. The Kier molecular flexibility index (Phi) is 5.90. The van der Waals surface area contributed by atoms with Crippen LogP contribution in [-0.2, 0) is 11.2 Å². The lowest BCUT2D eigenvalue weighted by molar-refractivity contribution is -0.146. The van der Waals surface area contributed by atoms with Gasteiger partial charge in [0.2, 0.25) is 0 Å². The minimum atomic E-state index is -1.59. The zero-order valence-corrected chi connectivity index (χ0v) is 10.9. The van der Waals surface area contributed by atoms with Crippen LogP contribution in [0.15, 0.2) is 12.1 Å². The number of nitrogens with one attached hydrogen (secondary N) is 2. The Hall–Kier alpha value is -1.31. The van der Waals surface area contributed by atoms with Gasteiger partial charge in [0, 0.05) is 11.4 Å². The molecule has 2 amide bonds. The summed E-state index contributed by atoms with van der Waals surface area (Å²) in [6, 6.07) is 3.14. The van der Waals surface area contributed by atoms with E-state index in [-0.39, 0.29) is 6.54 Å². The summed E-state index contributed by atoms with van der Waals surface area (Å²) in [5, 5.41) is 22.1. The topological polar surface area (TPSA) is 98.7 Å². The van der Waals surface area contributed by atoms with Crippen molar-refractivity contribution in [2.24, 2.45) is 0 Å². The average Bonchev–Trinajstić information content (AvgIpc) is 2.71. The van der Waals surface area contributed by atoms with Crippen molar-refractivity contribution < 1.29 is 19.8 Å². The van der Waals surface area contributed by atoms with Crippen LogP contribution in [0.1, 0.15) is 4.88 Å². The van der Waals surface area contributed by atoms with E-state index in [1.807, 2.05) is 6.07 Å². The lowest BCUT2D eigenvalue weighted by Crippen LogP contribution is -2.42. The second-order valence-corrected chi connectivity index (χ2v) is 5.25. The number of hydrogen-bond donors (Lipinski definition) is 4. The van der Waals surface area contributed by atoms with Crippen LogP contribution in [0.4, 0.5) is 4.79 Å². The molecule has 1 aromatic rings. The van der Waals surface area contributed by atoms with Gasteiger partial charge in [-0.25, -0.2) is 9.59 Å². The van der Waals surface area contributed by atoms with Gasteiger partial charge in [-0.15, -0.1) is 11.3 Å². The highest BCUT2D eigenvalue weighted by molar-refractivity contribution is 7.16. The monoisotopic (exact) mass is 292 g/mol. The largest absolute Gasteiger partial charge is 0.479 e. The number of urea groups is 1. The Morgan fingerprint density at radius 3 is 2.67 bits per heavy atom. The molecule has 0 saturated heterocycles. The number of aliphatic carboxylic acids is 1. The van der Waals surface area contributed by atoms with E-state index in [2.05, 4.69) is 10.6 Å². The van der Waals surface area contributed by atoms with Gasteiger partial charge in [0.25, 0.3) is 0 Å². The van der Waals surface area contributed by atoms with E-state index in [1.165, 1.54) is 11.3 Å². The van der Waals surface area contributed by atoms with Crippen LogP contribution in [0, 0.1) is 0 Å². The molecule has 6 nitrogen and oxygen atoms in total. The van der Waals surface area contributed by atoms with Crippen LogP contribution in [-0.4, -0.2) is 41.4 Å². The fourth-order valence-electron chi connectivity index (χ4n) is 1.12. The summed E-state index contributed by atoms with van der Waals surface area (Å²) in [6.07, 6.45) is -0.946. The third kappa shape index (κ3) is 5.35. The molecule has 18 heavy (non-hydrogen) atoms. The van der Waals surface area contributed by atoms with Crippen LogP contribution < -0.4 is 10.6 Å². The molecule has 8 heteroatoms. The summed E-state index contributed by atoms with van der Waals surface area (Å²) < 4.78 is 0.694. The fourth-order valence-corrected chi connectivity index (χ4v) is 2.21. The molecule has 0 spiro atoms. The number of aliphatic hydroxyl groups is 1. The van der Waals surface area contributed by atoms with Gasteiger partial charge in [-0.1, -0.05) is 11.6 Å². The summed E-state index contributed by atoms with van der Waals surface area (Å²) >= 11 is 7.19. The summed E-state index contributed by atoms with van der Waals surface area (Å²) in [6.45, 7) is 0.0812. The Bertz CT molecular complexity index is 424. The molecule has 0 aromatic carbocycles. The van der Waals surface area contributed by atoms with Crippen molar-refractivity contribution >= 4 is 34.9 Å². The minimum Gasteiger partial charge on any atom is -0.479 e. The predicted octanol–water partition coefficient (Wildman–Crippen LogP) is 0.689. The highest BCUT2D eigenvalue weighted by atomic mass is 35.5. The van der Waals surface area contributed by atoms with Crippen molar-refractivity contribution in [3.05, 3.63) is 21.3 Å². The molecule has 0 aliphatic heterocycles. The number of carboxylic acids is 1. The standard InChI is InChI=1S/C10H13ClN2O4S/c11-8-2-1-6(18-8)3-4-12-10(17)13-5-7(14)9(15)16/h1-2,7,14H,3-5H2,(H,15,16)(H2,12,13,17)/t7-/m0/s1. The zero-order chi connectivity index (χ0) is 13.5. The van der Waals surface area contributed by atoms with E-state index in [0.29, 0.717) is 17.3 Å². The van der Waals surface area contributed by atoms with E-state index in [9.17, 15) is 9.59 Å². The Labute approximate surface area is 113 Å². The fraction of sp³-hybridized carbons (Fsp3) is 0.400. The highest BCUT2D eigenvalue weighted by Crippen LogP contribution is 2.21. The van der Waals surface area contributed by atoms with E-state index >= 15 is 0 Å². The molecule has 1 rings (SSSR count). The number of carboxylic acid groups (broad SMARTS) is 1. The number of rotatable bonds is 6. The summed E-state index contributed by atoms with van der Waals surface area (Å²) in [5.41, 5.74) is 0. The van der Waals surface area contributed by atoms with Crippen LogP contribution in [0.2, 0.25) is 4.34 Å². The lowest BCUT2D eigenvalue weighted by Gasteiger charge is -2.08. The van der Waals surface area contributed by atoms with Gasteiger partial charge in [-0.3, -0.25) is 0 Å². The van der Waals surface area contributed by atoms with Gasteiger partial charge < -0.3 is 20.8 Å². The second-order valence-electron chi connectivity index (χ2n) is 3.45. The van der Waals surface area contributed by atoms with E-state index in [4.69, 9.17) is 21.8 Å². The first-order chi connectivity index (χ1) is 8.49. The van der Waals surface area contributed by atoms with E-state index in [0.717, 1.165) is 4.88 Å². The molecule has 0 unspecified atom stereocenters. The Morgan fingerprint density at radius 2 is 2.11 bits per heavy atom. The number of thiophene rings is 1. The quantitative estimate of drug-likeness (QED) is 0.620. The number of amides is 2. The number of halogens is 1. The van der Waals surface area contributed by atoms with Crippen LogP contribution in [0.3, 0.4) is 0 Å². The van der Waals surface area contributed by atoms with Crippen molar-refractivity contribution in [1.29, 1.82) is 0 Å².